The molecule has 4 nitrogen and oxygen atoms in total. The van der Waals surface area contributed by atoms with Crippen LogP contribution in [0.1, 0.15) is 20.3 Å². The predicted octanol–water partition coefficient (Wildman–Crippen LogP) is 1.76. The fraction of sp³-hybridized carbons (Fsp3) is 0.500. The quantitative estimate of drug-likeness (QED) is 0.706. The second-order valence-corrected chi connectivity index (χ2v) is 4.97. The van der Waals surface area contributed by atoms with Gasteiger partial charge in [0, 0.05) is 12.2 Å². The second kappa shape index (κ2) is 7.86. The number of aliphatic hydroxyl groups excluding tert-OH is 1. The largest absolute Gasteiger partial charge is 0.392 e. The lowest BCUT2D eigenvalue weighted by atomic mass is 10.1. The van der Waals surface area contributed by atoms with Crippen molar-refractivity contribution in [2.75, 3.05) is 18.4 Å². The van der Waals surface area contributed by atoms with Crippen LogP contribution in [0.15, 0.2) is 24.3 Å². The summed E-state index contributed by atoms with van der Waals surface area (Å²) in [6.45, 7) is 4.51. The van der Waals surface area contributed by atoms with Gasteiger partial charge in [0.2, 0.25) is 5.91 Å². The molecule has 1 rings (SSSR count). The SMILES string of the molecule is CC(C)CC(O)CNCC(=O)Nc1cccc(F)c1. The number of anilines is 1. The Kier molecular flexibility index (Phi) is 6.45. The number of halogens is 1. The fourth-order valence-corrected chi connectivity index (χ4v) is 1.75. The standard InChI is InChI=1S/C14H21FN2O2/c1-10(2)6-13(18)8-16-9-14(19)17-12-5-3-4-11(15)7-12/h3-5,7,10,13,16,18H,6,8-9H2,1-2H3,(H,17,19). The number of carbonyl (C=O) groups is 1. The zero-order valence-electron chi connectivity index (χ0n) is 11.3. The van der Waals surface area contributed by atoms with Gasteiger partial charge in [-0.3, -0.25) is 4.79 Å². The first-order chi connectivity index (χ1) is 8.97. The van der Waals surface area contributed by atoms with Gasteiger partial charge in [-0.2, -0.15) is 0 Å². The molecule has 0 radical (unpaired) electrons. The van der Waals surface area contributed by atoms with Crippen molar-refractivity contribution in [3.05, 3.63) is 30.1 Å². The van der Waals surface area contributed by atoms with E-state index >= 15 is 0 Å². The lowest BCUT2D eigenvalue weighted by Crippen LogP contribution is -2.34. The van der Waals surface area contributed by atoms with Gasteiger partial charge in [0.15, 0.2) is 0 Å². The highest BCUT2D eigenvalue weighted by atomic mass is 19.1. The number of hydrogen-bond acceptors (Lipinski definition) is 3. The van der Waals surface area contributed by atoms with Gasteiger partial charge in [-0.15, -0.1) is 0 Å². The molecule has 1 aromatic carbocycles. The third-order valence-electron chi connectivity index (χ3n) is 2.52. The highest BCUT2D eigenvalue weighted by Gasteiger charge is 2.08. The van der Waals surface area contributed by atoms with Crippen molar-refractivity contribution in [3.8, 4) is 0 Å². The van der Waals surface area contributed by atoms with Gasteiger partial charge in [-0.05, 0) is 30.5 Å². The van der Waals surface area contributed by atoms with Crippen molar-refractivity contribution in [2.24, 2.45) is 5.92 Å². The molecule has 0 saturated heterocycles. The summed E-state index contributed by atoms with van der Waals surface area (Å²) in [5.74, 6) is -0.238. The molecule has 0 aliphatic rings. The zero-order chi connectivity index (χ0) is 14.3. The van der Waals surface area contributed by atoms with Crippen LogP contribution in [0.5, 0.6) is 0 Å². The van der Waals surface area contributed by atoms with E-state index in [-0.39, 0.29) is 12.5 Å². The van der Waals surface area contributed by atoms with Crippen LogP contribution in [-0.2, 0) is 4.79 Å². The Labute approximate surface area is 113 Å². The maximum Gasteiger partial charge on any atom is 0.238 e. The fourth-order valence-electron chi connectivity index (χ4n) is 1.75. The van der Waals surface area contributed by atoms with Crippen molar-refractivity contribution in [2.45, 2.75) is 26.4 Å². The summed E-state index contributed by atoms with van der Waals surface area (Å²) in [7, 11) is 0. The van der Waals surface area contributed by atoms with Crippen molar-refractivity contribution in [3.63, 3.8) is 0 Å². The second-order valence-electron chi connectivity index (χ2n) is 4.97. The first kappa shape index (κ1) is 15.6. The molecule has 1 amide bonds. The van der Waals surface area contributed by atoms with E-state index in [0.717, 1.165) is 0 Å². The van der Waals surface area contributed by atoms with E-state index in [1.165, 1.54) is 18.2 Å². The van der Waals surface area contributed by atoms with E-state index in [9.17, 15) is 14.3 Å². The molecule has 1 aromatic rings. The average Bonchev–Trinajstić information content (AvgIpc) is 2.27. The van der Waals surface area contributed by atoms with Crippen molar-refractivity contribution < 1.29 is 14.3 Å². The molecular formula is C14H21FN2O2. The third-order valence-corrected chi connectivity index (χ3v) is 2.52. The molecule has 1 unspecified atom stereocenters. The van der Waals surface area contributed by atoms with Crippen LogP contribution in [0.2, 0.25) is 0 Å². The van der Waals surface area contributed by atoms with Gasteiger partial charge in [0.05, 0.1) is 12.6 Å². The third kappa shape index (κ3) is 6.88. The average molecular weight is 268 g/mol. The molecule has 19 heavy (non-hydrogen) atoms. The molecule has 106 valence electrons. The van der Waals surface area contributed by atoms with Crippen LogP contribution >= 0.6 is 0 Å². The smallest absolute Gasteiger partial charge is 0.238 e. The molecule has 0 bridgehead atoms. The number of benzene rings is 1. The van der Waals surface area contributed by atoms with E-state index in [4.69, 9.17) is 0 Å². The first-order valence-electron chi connectivity index (χ1n) is 6.41. The highest BCUT2D eigenvalue weighted by Crippen LogP contribution is 2.08. The van der Waals surface area contributed by atoms with Crippen LogP contribution < -0.4 is 10.6 Å². The summed E-state index contributed by atoms with van der Waals surface area (Å²) in [6.07, 6.45) is 0.236. The van der Waals surface area contributed by atoms with Gasteiger partial charge in [-0.25, -0.2) is 4.39 Å². The van der Waals surface area contributed by atoms with E-state index < -0.39 is 11.9 Å². The minimum Gasteiger partial charge on any atom is -0.392 e. The number of aliphatic hydroxyl groups is 1. The minimum atomic E-state index is -0.457. The Balaban J connectivity index is 2.25. The summed E-state index contributed by atoms with van der Waals surface area (Å²) < 4.78 is 12.9. The summed E-state index contributed by atoms with van der Waals surface area (Å²) in [6, 6.07) is 5.72. The minimum absolute atomic E-state index is 0.0890. The Morgan fingerprint density at radius 2 is 2.16 bits per heavy atom. The summed E-state index contributed by atoms with van der Waals surface area (Å²) in [5.41, 5.74) is 0.425. The molecule has 0 aliphatic carbocycles. The molecule has 3 N–H and O–H groups in total. The molecule has 0 fully saturated rings. The topological polar surface area (TPSA) is 61.4 Å². The zero-order valence-corrected chi connectivity index (χ0v) is 11.3. The van der Waals surface area contributed by atoms with Crippen molar-refractivity contribution in [1.29, 1.82) is 0 Å². The molecule has 0 aromatic heterocycles. The van der Waals surface area contributed by atoms with Gasteiger partial charge in [-0.1, -0.05) is 19.9 Å². The predicted molar refractivity (Wildman–Crippen MR) is 73.4 cm³/mol. The highest BCUT2D eigenvalue weighted by molar-refractivity contribution is 5.92. The molecule has 1 atom stereocenters. The Bertz CT molecular complexity index is 410. The number of hydrogen-bond donors (Lipinski definition) is 3. The maximum absolute atomic E-state index is 12.9. The van der Waals surface area contributed by atoms with Gasteiger partial charge in [0.25, 0.3) is 0 Å². The molecule has 5 heteroatoms. The van der Waals surface area contributed by atoms with E-state index in [1.807, 2.05) is 13.8 Å². The monoisotopic (exact) mass is 268 g/mol. The Morgan fingerprint density at radius 1 is 1.42 bits per heavy atom. The van der Waals surface area contributed by atoms with Gasteiger partial charge >= 0.3 is 0 Å². The lowest BCUT2D eigenvalue weighted by molar-refractivity contribution is -0.115. The molecule has 0 spiro atoms. The lowest BCUT2D eigenvalue weighted by Gasteiger charge is -2.13. The van der Waals surface area contributed by atoms with Crippen LogP contribution in [0.3, 0.4) is 0 Å². The number of carbonyl (C=O) groups excluding carboxylic acids is 1. The van der Waals surface area contributed by atoms with Crippen LogP contribution in [0.4, 0.5) is 10.1 Å². The summed E-state index contributed by atoms with van der Waals surface area (Å²) in [4.78, 5) is 11.5. The first-order valence-corrected chi connectivity index (χ1v) is 6.41. The Morgan fingerprint density at radius 3 is 2.79 bits per heavy atom. The van der Waals surface area contributed by atoms with E-state index in [2.05, 4.69) is 10.6 Å². The van der Waals surface area contributed by atoms with Crippen LogP contribution in [-0.4, -0.2) is 30.2 Å². The number of amides is 1. The summed E-state index contributed by atoms with van der Waals surface area (Å²) >= 11 is 0. The van der Waals surface area contributed by atoms with Gasteiger partial charge < -0.3 is 15.7 Å². The van der Waals surface area contributed by atoms with Gasteiger partial charge in [0.1, 0.15) is 5.82 Å². The summed E-state index contributed by atoms with van der Waals surface area (Å²) in [5, 5.41) is 15.1. The molecule has 0 aliphatic heterocycles. The number of nitrogens with one attached hydrogen (secondary N) is 2. The van der Waals surface area contributed by atoms with E-state index in [0.29, 0.717) is 24.6 Å². The maximum atomic E-state index is 12.9. The molecule has 0 heterocycles. The van der Waals surface area contributed by atoms with Crippen molar-refractivity contribution >= 4 is 11.6 Å². The normalized spacial score (nSPS) is 12.5. The Hall–Kier alpha value is -1.46. The van der Waals surface area contributed by atoms with E-state index in [1.54, 1.807) is 6.07 Å². The van der Waals surface area contributed by atoms with Crippen molar-refractivity contribution in [1.82, 2.24) is 5.32 Å². The van der Waals surface area contributed by atoms with Crippen LogP contribution in [0.25, 0.3) is 0 Å². The van der Waals surface area contributed by atoms with Crippen LogP contribution in [0, 0.1) is 11.7 Å². The molecular weight excluding hydrogens is 247 g/mol. The number of rotatable bonds is 7. The molecule has 0 saturated carbocycles.